The van der Waals surface area contributed by atoms with E-state index in [1.165, 1.54) is 23.6 Å². The average Bonchev–Trinajstić information content (AvgIpc) is 3.70. The van der Waals surface area contributed by atoms with Crippen molar-refractivity contribution in [2.75, 3.05) is 32.8 Å². The lowest BCUT2D eigenvalue weighted by Crippen LogP contribution is -2.49. The molecule has 2 aliphatic heterocycles. The highest BCUT2D eigenvalue weighted by molar-refractivity contribution is 5.84. The molecule has 280 valence electrons. The van der Waals surface area contributed by atoms with Crippen LogP contribution in [0.15, 0.2) is 54.7 Å². The predicted molar refractivity (Wildman–Crippen MR) is 185 cm³/mol. The van der Waals surface area contributed by atoms with Crippen LogP contribution in [0.25, 0.3) is 11.3 Å². The van der Waals surface area contributed by atoms with Crippen LogP contribution in [-0.4, -0.2) is 92.9 Å². The van der Waals surface area contributed by atoms with Crippen LogP contribution < -0.4 is 0 Å². The summed E-state index contributed by atoms with van der Waals surface area (Å²) in [5.74, 6) is -5.50. The van der Waals surface area contributed by atoms with Crippen molar-refractivity contribution in [2.45, 2.75) is 71.8 Å². The molecule has 5 rings (SSSR count). The van der Waals surface area contributed by atoms with Crippen LogP contribution in [0.1, 0.15) is 64.9 Å². The molecular formula is C38H46F2N4O8. The number of halogens is 2. The molecule has 0 radical (unpaired) electrons. The number of rotatable bonds is 11. The zero-order valence-corrected chi connectivity index (χ0v) is 30.1. The Morgan fingerprint density at radius 2 is 1.75 bits per heavy atom. The van der Waals surface area contributed by atoms with Crippen molar-refractivity contribution in [3.8, 4) is 11.3 Å². The quantitative estimate of drug-likeness (QED) is 0.247. The van der Waals surface area contributed by atoms with Crippen molar-refractivity contribution in [3.63, 3.8) is 0 Å². The van der Waals surface area contributed by atoms with E-state index in [4.69, 9.17) is 19.2 Å². The molecule has 0 spiro atoms. The summed E-state index contributed by atoms with van der Waals surface area (Å²) in [6.07, 6.45) is 0.674. The third-order valence-corrected chi connectivity index (χ3v) is 9.33. The molecule has 4 atom stereocenters. The number of carbonyl (C=O) groups is 4. The van der Waals surface area contributed by atoms with E-state index in [1.54, 1.807) is 31.5 Å². The molecular weight excluding hydrogens is 678 g/mol. The minimum Gasteiger partial charge on any atom is -0.481 e. The summed E-state index contributed by atoms with van der Waals surface area (Å²) in [6.45, 7) is 8.48. The lowest BCUT2D eigenvalue weighted by Gasteiger charge is -2.41. The molecule has 14 heteroatoms. The number of carboxylic acids is 1. The number of aromatic nitrogens is 2. The third-order valence-electron chi connectivity index (χ3n) is 9.33. The topological polar surface area (TPSA) is 141 Å². The van der Waals surface area contributed by atoms with E-state index in [-0.39, 0.29) is 43.4 Å². The molecule has 52 heavy (non-hydrogen) atoms. The summed E-state index contributed by atoms with van der Waals surface area (Å²) in [5.41, 5.74) is 0.123. The van der Waals surface area contributed by atoms with Crippen molar-refractivity contribution in [1.82, 2.24) is 19.4 Å². The highest BCUT2D eigenvalue weighted by atomic mass is 19.1. The maximum atomic E-state index is 15.2. The maximum absolute atomic E-state index is 15.2. The number of aliphatic carboxylic acids is 1. The Bertz CT molecular complexity index is 1750. The van der Waals surface area contributed by atoms with Crippen molar-refractivity contribution >= 4 is 23.9 Å². The second-order valence-corrected chi connectivity index (χ2v) is 14.4. The first kappa shape index (κ1) is 38.4. The van der Waals surface area contributed by atoms with Crippen LogP contribution in [0.4, 0.5) is 13.6 Å². The van der Waals surface area contributed by atoms with E-state index in [9.17, 15) is 28.7 Å². The van der Waals surface area contributed by atoms with E-state index in [1.807, 2.05) is 30.3 Å². The number of ether oxygens (including phenoxy) is 3. The highest BCUT2D eigenvalue weighted by Crippen LogP contribution is 2.39. The number of hydrogen-bond donors (Lipinski definition) is 1. The first-order valence-electron chi connectivity index (χ1n) is 17.4. The molecule has 2 fully saturated rings. The Morgan fingerprint density at radius 1 is 1.06 bits per heavy atom. The number of benzene rings is 2. The lowest BCUT2D eigenvalue weighted by molar-refractivity contribution is -0.160. The van der Waals surface area contributed by atoms with Gasteiger partial charge >= 0.3 is 18.0 Å². The normalized spacial score (nSPS) is 19.2. The molecule has 2 saturated heterocycles. The summed E-state index contributed by atoms with van der Waals surface area (Å²) in [6, 6.07) is 11.7. The van der Waals surface area contributed by atoms with Crippen LogP contribution in [0.5, 0.6) is 0 Å². The number of likely N-dealkylation sites (tertiary alicyclic amines) is 1. The lowest BCUT2D eigenvalue weighted by atomic mass is 9.87. The van der Waals surface area contributed by atoms with Gasteiger partial charge in [-0.25, -0.2) is 18.6 Å². The van der Waals surface area contributed by atoms with Gasteiger partial charge in [0, 0.05) is 64.0 Å². The van der Waals surface area contributed by atoms with Gasteiger partial charge in [0.15, 0.2) is 6.10 Å². The number of hydrogen-bond acceptors (Lipinski definition) is 8. The van der Waals surface area contributed by atoms with E-state index in [2.05, 4.69) is 0 Å². The standard InChI is InChI=1S/C38H46F2N4O8/c1-23(51-24(2)45)35(46)44(20-27-19-43(21-30(27)36(47)48)37(49)52-38(3,4)5)33(26-13-15-50-16-14-26)34-41-32(29-17-28(39)11-12-31(29)40)22-42(34)18-25-9-7-6-8-10-25/h6-12,17,22-23,26-27,30,33H,13-16,18-21H2,1-5H3,(H,47,48). The van der Waals surface area contributed by atoms with Crippen molar-refractivity contribution in [1.29, 1.82) is 0 Å². The summed E-state index contributed by atoms with van der Waals surface area (Å²) in [7, 11) is 0. The maximum Gasteiger partial charge on any atom is 0.410 e. The molecule has 12 nitrogen and oxygen atoms in total. The molecule has 0 saturated carbocycles. The number of nitrogens with zero attached hydrogens (tertiary/aromatic N) is 4. The average molecular weight is 725 g/mol. The van der Waals surface area contributed by atoms with Gasteiger partial charge < -0.3 is 33.7 Å². The van der Waals surface area contributed by atoms with Crippen molar-refractivity contribution in [2.24, 2.45) is 17.8 Å². The van der Waals surface area contributed by atoms with Gasteiger partial charge in [0.05, 0.1) is 17.7 Å². The molecule has 2 amide bonds. The minimum absolute atomic E-state index is 0.0175. The van der Waals surface area contributed by atoms with E-state index >= 15 is 4.39 Å². The van der Waals surface area contributed by atoms with Gasteiger partial charge in [-0.15, -0.1) is 0 Å². The van der Waals surface area contributed by atoms with Gasteiger partial charge in [0.2, 0.25) is 0 Å². The molecule has 1 N–H and O–H groups in total. The Balaban J connectivity index is 1.66. The van der Waals surface area contributed by atoms with Gasteiger partial charge in [-0.3, -0.25) is 14.4 Å². The molecule has 3 aromatic rings. The second kappa shape index (κ2) is 16.2. The van der Waals surface area contributed by atoms with Gasteiger partial charge in [-0.1, -0.05) is 30.3 Å². The fourth-order valence-corrected chi connectivity index (χ4v) is 6.97. The fourth-order valence-electron chi connectivity index (χ4n) is 6.97. The van der Waals surface area contributed by atoms with E-state index < -0.39 is 65.2 Å². The van der Waals surface area contributed by atoms with Gasteiger partial charge in [0.25, 0.3) is 5.91 Å². The Labute approximate surface area is 301 Å². The van der Waals surface area contributed by atoms with Crippen LogP contribution in [0.2, 0.25) is 0 Å². The van der Waals surface area contributed by atoms with Crippen molar-refractivity contribution in [3.05, 3.63) is 77.8 Å². The van der Waals surface area contributed by atoms with E-state index in [0.29, 0.717) is 31.9 Å². The smallest absolute Gasteiger partial charge is 0.410 e. The summed E-state index contributed by atoms with van der Waals surface area (Å²) in [4.78, 5) is 60.2. The van der Waals surface area contributed by atoms with Crippen molar-refractivity contribution < 1.29 is 47.3 Å². The zero-order chi connectivity index (χ0) is 37.7. The second-order valence-electron chi connectivity index (χ2n) is 14.4. The Morgan fingerprint density at radius 3 is 2.38 bits per heavy atom. The highest BCUT2D eigenvalue weighted by Gasteiger charge is 2.46. The molecule has 3 heterocycles. The number of carboxylic acid groups (broad SMARTS) is 1. The van der Waals surface area contributed by atoms with Gasteiger partial charge in [-0.2, -0.15) is 0 Å². The molecule has 4 unspecified atom stereocenters. The number of amides is 2. The van der Waals surface area contributed by atoms with Gasteiger partial charge in [-0.05, 0) is 70.2 Å². The fraction of sp³-hybridized carbons (Fsp3) is 0.500. The monoisotopic (exact) mass is 724 g/mol. The SMILES string of the molecule is CC(=O)OC(C)C(=O)N(CC1CN(C(=O)OC(C)(C)C)CC1C(=O)O)C(c1nc(-c2cc(F)ccc2F)cn1Cc1ccccc1)C1CCOCC1. The largest absolute Gasteiger partial charge is 0.481 e. The first-order chi connectivity index (χ1) is 24.6. The number of esters is 1. The van der Waals surface area contributed by atoms with Crippen LogP contribution >= 0.6 is 0 Å². The van der Waals surface area contributed by atoms with E-state index in [0.717, 1.165) is 23.8 Å². The Kier molecular flexibility index (Phi) is 12.0. The van der Waals surface area contributed by atoms with Crippen LogP contribution in [0, 0.1) is 29.4 Å². The molecule has 2 aliphatic rings. The summed E-state index contributed by atoms with van der Waals surface area (Å²) < 4.78 is 48.1. The molecule has 1 aromatic heterocycles. The zero-order valence-electron chi connectivity index (χ0n) is 30.1. The number of imidazole rings is 1. The van der Waals surface area contributed by atoms with Crippen LogP contribution in [0.3, 0.4) is 0 Å². The molecule has 0 aliphatic carbocycles. The minimum atomic E-state index is -1.26. The third kappa shape index (κ3) is 9.32. The van der Waals surface area contributed by atoms with Crippen LogP contribution in [-0.2, 0) is 35.1 Å². The molecule has 0 bridgehead atoms. The first-order valence-corrected chi connectivity index (χ1v) is 17.4. The summed E-state index contributed by atoms with van der Waals surface area (Å²) in [5, 5.41) is 10.3. The predicted octanol–water partition coefficient (Wildman–Crippen LogP) is 5.69. The number of carbonyl (C=O) groups excluding carboxylic acids is 3. The van der Waals surface area contributed by atoms with Gasteiger partial charge in [0.1, 0.15) is 23.1 Å². The summed E-state index contributed by atoms with van der Waals surface area (Å²) >= 11 is 0. The Hall–Kier alpha value is -4.85. The molecule has 2 aromatic carbocycles.